The maximum absolute atomic E-state index is 13.5. The van der Waals surface area contributed by atoms with Gasteiger partial charge in [0.2, 0.25) is 0 Å². The molecule has 4 heterocycles. The average Bonchev–Trinajstić information content (AvgIpc) is 3.64. The number of anilines is 2. The van der Waals surface area contributed by atoms with Crippen LogP contribution in [0.15, 0.2) is 60.9 Å². The smallest absolute Gasteiger partial charge is 0.405 e. The Morgan fingerprint density at radius 1 is 1.00 bits per heavy atom. The van der Waals surface area contributed by atoms with E-state index in [9.17, 15) is 18.0 Å². The van der Waals surface area contributed by atoms with Crippen LogP contribution >= 0.6 is 11.6 Å². The highest BCUT2D eigenvalue weighted by molar-refractivity contribution is 6.34. The van der Waals surface area contributed by atoms with E-state index in [1.807, 2.05) is 0 Å². The molecule has 2 aromatic carbocycles. The third kappa shape index (κ3) is 7.14. The maximum atomic E-state index is 13.5. The number of rotatable bonds is 7. The fourth-order valence-electron chi connectivity index (χ4n) is 6.08. The number of amides is 1. The molecule has 0 spiro atoms. The van der Waals surface area contributed by atoms with Gasteiger partial charge in [-0.05, 0) is 55.8 Å². The molecule has 2 aliphatic heterocycles. The van der Waals surface area contributed by atoms with E-state index in [1.54, 1.807) is 42.6 Å². The number of hydrogen-bond donors (Lipinski definition) is 2. The largest absolute Gasteiger partial charge is 0.573 e. The summed E-state index contributed by atoms with van der Waals surface area (Å²) in [5.74, 6) is 1.16. The summed E-state index contributed by atoms with van der Waals surface area (Å²) >= 11 is 6.51. The second-order valence-corrected chi connectivity index (χ2v) is 12.5. The molecule has 0 saturated carbocycles. The standard InChI is InChI=1S/C33H35ClF3N7O2/c1-20-14-28(43(3)19-20)31-39-18-27(40-31)22-6-4-21(5-7-22)24-15-25(34)26(16-29(24)46-33(35,36)37)41-32(45)23-8-9-30(38-17-23)44-12-10-42(2)11-13-44/h4-9,15-18,20,28H,10-14,19H2,1-3H3,(H,39,40)(H,41,45). The molecule has 242 valence electrons. The number of carbonyl (C=O) groups is 1. The molecule has 1 amide bonds. The van der Waals surface area contributed by atoms with Gasteiger partial charge in [-0.1, -0.05) is 42.8 Å². The molecule has 46 heavy (non-hydrogen) atoms. The summed E-state index contributed by atoms with van der Waals surface area (Å²) in [5.41, 5.74) is 2.43. The molecule has 0 aliphatic carbocycles. The first-order valence-electron chi connectivity index (χ1n) is 15.1. The molecule has 13 heteroatoms. The highest BCUT2D eigenvalue weighted by atomic mass is 35.5. The predicted octanol–water partition coefficient (Wildman–Crippen LogP) is 6.71. The van der Waals surface area contributed by atoms with Crippen molar-refractivity contribution in [3.63, 3.8) is 0 Å². The van der Waals surface area contributed by atoms with Crippen LogP contribution in [0.5, 0.6) is 5.75 Å². The Morgan fingerprint density at radius 2 is 1.72 bits per heavy atom. The number of likely N-dealkylation sites (tertiary alicyclic amines) is 1. The number of aromatic amines is 1. The molecule has 0 radical (unpaired) electrons. The zero-order chi connectivity index (χ0) is 32.6. The van der Waals surface area contributed by atoms with Crippen LogP contribution in [-0.2, 0) is 0 Å². The van der Waals surface area contributed by atoms with Gasteiger partial charge in [-0.3, -0.25) is 9.69 Å². The zero-order valence-electron chi connectivity index (χ0n) is 25.7. The van der Waals surface area contributed by atoms with Crippen molar-refractivity contribution in [2.75, 3.05) is 57.0 Å². The first-order chi connectivity index (χ1) is 21.9. The first-order valence-corrected chi connectivity index (χ1v) is 15.5. The van der Waals surface area contributed by atoms with Crippen molar-refractivity contribution in [3.8, 4) is 28.1 Å². The molecule has 9 nitrogen and oxygen atoms in total. The molecule has 4 aromatic rings. The van der Waals surface area contributed by atoms with E-state index in [-0.39, 0.29) is 27.9 Å². The van der Waals surface area contributed by atoms with Crippen LogP contribution in [0.1, 0.15) is 35.6 Å². The molecule has 2 N–H and O–H groups in total. The zero-order valence-corrected chi connectivity index (χ0v) is 26.5. The molecule has 2 fully saturated rings. The van der Waals surface area contributed by atoms with E-state index < -0.39 is 18.0 Å². The van der Waals surface area contributed by atoms with Crippen molar-refractivity contribution in [1.82, 2.24) is 24.8 Å². The van der Waals surface area contributed by atoms with Gasteiger partial charge < -0.3 is 24.8 Å². The first kappa shape index (κ1) is 31.8. The number of alkyl halides is 3. The van der Waals surface area contributed by atoms with E-state index in [0.717, 1.165) is 68.1 Å². The van der Waals surface area contributed by atoms with Crippen LogP contribution in [0.25, 0.3) is 22.4 Å². The summed E-state index contributed by atoms with van der Waals surface area (Å²) in [6, 6.07) is 13.0. The van der Waals surface area contributed by atoms with Crippen molar-refractivity contribution < 1.29 is 22.7 Å². The molecule has 0 bridgehead atoms. The fraction of sp³-hybridized carbons (Fsp3) is 0.364. The molecular formula is C33H35ClF3N7O2. The summed E-state index contributed by atoms with van der Waals surface area (Å²) in [6.45, 7) is 6.69. The Bertz CT molecular complexity index is 1690. The van der Waals surface area contributed by atoms with Crippen molar-refractivity contribution in [1.29, 1.82) is 0 Å². The summed E-state index contributed by atoms with van der Waals surface area (Å²) in [5, 5.41) is 2.66. The lowest BCUT2D eigenvalue weighted by Crippen LogP contribution is -2.44. The van der Waals surface area contributed by atoms with E-state index in [1.165, 1.54) is 12.3 Å². The second-order valence-electron chi connectivity index (χ2n) is 12.1. The Morgan fingerprint density at radius 3 is 2.35 bits per heavy atom. The number of ether oxygens (including phenoxy) is 1. The van der Waals surface area contributed by atoms with Crippen molar-refractivity contribution in [3.05, 3.63) is 77.3 Å². The molecule has 2 aliphatic rings. The number of likely N-dealkylation sites (N-methyl/N-ethyl adjacent to an activating group) is 1. The SMILES string of the molecule is CC1CC(c2ncc(-c3ccc(-c4cc(Cl)c(NC(=O)c5ccc(N6CCN(C)CC6)nc5)cc4OC(F)(F)F)cc3)[nH]2)N(C)C1. The fourth-order valence-corrected chi connectivity index (χ4v) is 6.29. The lowest BCUT2D eigenvalue weighted by molar-refractivity contribution is -0.274. The highest BCUT2D eigenvalue weighted by Crippen LogP contribution is 2.41. The van der Waals surface area contributed by atoms with Crippen LogP contribution < -0.4 is 15.0 Å². The normalized spacial score (nSPS) is 19.4. The van der Waals surface area contributed by atoms with E-state index in [2.05, 4.69) is 60.7 Å². The average molecular weight is 654 g/mol. The molecule has 6 rings (SSSR count). The van der Waals surface area contributed by atoms with Gasteiger partial charge in [-0.15, -0.1) is 13.2 Å². The number of H-pyrrole nitrogens is 1. The van der Waals surface area contributed by atoms with E-state index >= 15 is 0 Å². The van der Waals surface area contributed by atoms with Gasteiger partial charge in [0.05, 0.1) is 34.2 Å². The van der Waals surface area contributed by atoms with Gasteiger partial charge in [-0.25, -0.2) is 9.97 Å². The number of halogens is 4. The van der Waals surface area contributed by atoms with Gasteiger partial charge in [0, 0.05) is 50.6 Å². The minimum atomic E-state index is -4.97. The molecule has 2 unspecified atom stereocenters. The number of nitrogens with zero attached hydrogens (tertiary/aromatic N) is 5. The van der Waals surface area contributed by atoms with Gasteiger partial charge in [0.25, 0.3) is 5.91 Å². The maximum Gasteiger partial charge on any atom is 0.573 e. The topological polar surface area (TPSA) is 89.6 Å². The quantitative estimate of drug-likeness (QED) is 0.229. The van der Waals surface area contributed by atoms with Crippen LogP contribution in [0.4, 0.5) is 24.7 Å². The minimum absolute atomic E-state index is 0.0226. The lowest BCUT2D eigenvalue weighted by Gasteiger charge is -2.33. The third-order valence-corrected chi connectivity index (χ3v) is 8.87. The van der Waals surface area contributed by atoms with Gasteiger partial charge in [-0.2, -0.15) is 0 Å². The Labute approximate surface area is 270 Å². The van der Waals surface area contributed by atoms with Crippen molar-refractivity contribution in [2.45, 2.75) is 25.7 Å². The molecule has 2 saturated heterocycles. The van der Waals surface area contributed by atoms with Crippen LogP contribution in [0, 0.1) is 5.92 Å². The Hall–Kier alpha value is -4.13. The number of pyridine rings is 1. The molecular weight excluding hydrogens is 619 g/mol. The van der Waals surface area contributed by atoms with Crippen LogP contribution in [0.2, 0.25) is 5.02 Å². The monoisotopic (exact) mass is 653 g/mol. The summed E-state index contributed by atoms with van der Waals surface area (Å²) in [4.78, 5) is 32.1. The molecule has 2 atom stereocenters. The minimum Gasteiger partial charge on any atom is -0.405 e. The Kier molecular flexibility index (Phi) is 8.95. The summed E-state index contributed by atoms with van der Waals surface area (Å²) in [7, 11) is 4.14. The van der Waals surface area contributed by atoms with E-state index in [0.29, 0.717) is 11.5 Å². The van der Waals surface area contributed by atoms with E-state index in [4.69, 9.17) is 11.6 Å². The van der Waals surface area contributed by atoms with Gasteiger partial charge in [0.15, 0.2) is 0 Å². The number of imidazole rings is 1. The van der Waals surface area contributed by atoms with Crippen LogP contribution in [0.3, 0.4) is 0 Å². The number of benzene rings is 2. The lowest BCUT2D eigenvalue weighted by atomic mass is 10.0. The third-order valence-electron chi connectivity index (χ3n) is 8.56. The predicted molar refractivity (Wildman–Crippen MR) is 172 cm³/mol. The summed E-state index contributed by atoms with van der Waals surface area (Å²) < 4.78 is 44.9. The number of aromatic nitrogens is 3. The number of hydrogen-bond acceptors (Lipinski definition) is 7. The Balaban J connectivity index is 1.21. The number of nitrogens with one attached hydrogen (secondary N) is 2. The summed E-state index contributed by atoms with van der Waals surface area (Å²) in [6.07, 6.45) is -0.746. The second kappa shape index (κ2) is 12.9. The van der Waals surface area contributed by atoms with Crippen LogP contribution in [-0.4, -0.2) is 83.8 Å². The van der Waals surface area contributed by atoms with Crippen molar-refractivity contribution >= 4 is 29.0 Å². The number of piperazine rings is 1. The van der Waals surface area contributed by atoms with Crippen molar-refractivity contribution in [2.24, 2.45) is 5.92 Å². The number of carbonyl (C=O) groups excluding carboxylic acids is 1. The van der Waals surface area contributed by atoms with Gasteiger partial charge >= 0.3 is 6.36 Å². The highest BCUT2D eigenvalue weighted by Gasteiger charge is 2.33. The van der Waals surface area contributed by atoms with Gasteiger partial charge in [0.1, 0.15) is 17.4 Å². The molecule has 2 aromatic heterocycles.